The van der Waals surface area contributed by atoms with Crippen LogP contribution in [-0.2, 0) is 35.9 Å². The summed E-state index contributed by atoms with van der Waals surface area (Å²) >= 11 is 1.06. The molecule has 0 saturated carbocycles. The number of fused-ring (bicyclic) bond motifs is 1. The molecule has 1 aliphatic rings. The molecule has 2 aromatic carbocycles. The SMILES string of the molecule is COC(=O)Cn1c(=NC(=O)c2ccc(S(=O)(=O)N3CC(C)CC(C)C3)cc2)sc2cc(S(C)(=O)=O)ccc21. The molecule has 2 unspecified atom stereocenters. The Bertz CT molecular complexity index is 1660. The normalized spacial score (nSPS) is 19.5. The van der Waals surface area contributed by atoms with E-state index >= 15 is 0 Å². The topological polar surface area (TPSA) is 132 Å². The average molecular weight is 580 g/mol. The van der Waals surface area contributed by atoms with E-state index in [1.807, 2.05) is 13.8 Å². The van der Waals surface area contributed by atoms with E-state index in [9.17, 15) is 26.4 Å². The van der Waals surface area contributed by atoms with Gasteiger partial charge in [-0.3, -0.25) is 9.59 Å². The van der Waals surface area contributed by atoms with Gasteiger partial charge in [-0.15, -0.1) is 0 Å². The number of piperidine rings is 1. The van der Waals surface area contributed by atoms with Crippen LogP contribution in [0.2, 0.25) is 0 Å². The number of rotatable bonds is 6. The number of ether oxygens (including phenoxy) is 1. The molecular weight excluding hydrogens is 550 g/mol. The van der Waals surface area contributed by atoms with Crippen LogP contribution in [0.3, 0.4) is 0 Å². The first-order valence-electron chi connectivity index (χ1n) is 11.9. The molecule has 1 fully saturated rings. The van der Waals surface area contributed by atoms with Crippen LogP contribution in [0.4, 0.5) is 0 Å². The summed E-state index contributed by atoms with van der Waals surface area (Å²) in [6, 6.07) is 10.1. The highest BCUT2D eigenvalue weighted by Gasteiger charge is 2.31. The van der Waals surface area contributed by atoms with Crippen molar-refractivity contribution in [1.29, 1.82) is 0 Å². The molecule has 4 rings (SSSR count). The molecule has 1 saturated heterocycles. The minimum absolute atomic E-state index is 0.101. The summed E-state index contributed by atoms with van der Waals surface area (Å²) in [5.41, 5.74) is 0.689. The molecule has 0 aliphatic carbocycles. The van der Waals surface area contributed by atoms with Gasteiger partial charge in [-0.25, -0.2) is 16.8 Å². The molecule has 1 amide bonds. The lowest BCUT2D eigenvalue weighted by Gasteiger charge is -2.34. The second-order valence-electron chi connectivity index (χ2n) is 9.66. The Hall–Kier alpha value is -2.87. The van der Waals surface area contributed by atoms with Crippen molar-refractivity contribution >= 4 is 53.3 Å². The van der Waals surface area contributed by atoms with Crippen molar-refractivity contribution < 1.29 is 31.2 Å². The Kier molecular flexibility index (Phi) is 7.94. The van der Waals surface area contributed by atoms with Gasteiger partial charge in [0, 0.05) is 24.9 Å². The summed E-state index contributed by atoms with van der Waals surface area (Å²) in [5, 5.41) is 0. The minimum Gasteiger partial charge on any atom is -0.468 e. The van der Waals surface area contributed by atoms with Crippen LogP contribution < -0.4 is 4.80 Å². The van der Waals surface area contributed by atoms with Crippen molar-refractivity contribution in [3.63, 3.8) is 0 Å². The van der Waals surface area contributed by atoms with E-state index in [0.717, 1.165) is 24.0 Å². The number of amides is 1. The number of sulfonamides is 1. The molecule has 3 aromatic rings. The van der Waals surface area contributed by atoms with Crippen LogP contribution in [0.1, 0.15) is 30.6 Å². The first-order valence-corrected chi connectivity index (χ1v) is 16.0. The van der Waals surface area contributed by atoms with Crippen LogP contribution in [-0.4, -0.2) is 64.0 Å². The van der Waals surface area contributed by atoms with Crippen LogP contribution in [0.25, 0.3) is 10.2 Å². The number of sulfone groups is 1. The highest BCUT2D eigenvalue weighted by molar-refractivity contribution is 7.90. The van der Waals surface area contributed by atoms with E-state index in [4.69, 9.17) is 4.74 Å². The fourth-order valence-electron chi connectivity index (χ4n) is 4.59. The summed E-state index contributed by atoms with van der Waals surface area (Å²) in [6.07, 6.45) is 2.07. The molecule has 1 aliphatic heterocycles. The number of nitrogens with zero attached hydrogens (tertiary/aromatic N) is 3. The van der Waals surface area contributed by atoms with E-state index < -0.39 is 31.7 Å². The van der Waals surface area contributed by atoms with E-state index in [-0.39, 0.29) is 38.5 Å². The highest BCUT2D eigenvalue weighted by Crippen LogP contribution is 2.27. The zero-order valence-corrected chi connectivity index (χ0v) is 23.9. The van der Waals surface area contributed by atoms with Crippen molar-refractivity contribution in [1.82, 2.24) is 8.87 Å². The molecule has 0 radical (unpaired) electrons. The highest BCUT2D eigenvalue weighted by atomic mass is 32.2. The van der Waals surface area contributed by atoms with E-state index in [1.165, 1.54) is 52.4 Å². The second kappa shape index (κ2) is 10.7. The lowest BCUT2D eigenvalue weighted by atomic mass is 9.94. The summed E-state index contributed by atoms with van der Waals surface area (Å²) in [5.74, 6) is -0.677. The Balaban J connectivity index is 1.69. The number of thiazole rings is 1. The first-order chi connectivity index (χ1) is 17.8. The van der Waals surface area contributed by atoms with Crippen LogP contribution in [0, 0.1) is 11.8 Å². The van der Waals surface area contributed by atoms with Crippen molar-refractivity contribution in [3.05, 3.63) is 52.8 Å². The standard InChI is InChI=1S/C25H29N3O7S3/c1-16-11-17(2)14-27(13-16)38(33,34)19-7-5-18(6-8-19)24(30)26-25-28(15-23(29)35-3)21-10-9-20(37(4,31)32)12-22(21)36-25/h5-10,12,16-17H,11,13-15H2,1-4H3. The fraction of sp³-hybridized carbons (Fsp3) is 0.400. The molecule has 10 nitrogen and oxygen atoms in total. The zero-order chi connectivity index (χ0) is 27.8. The molecule has 0 spiro atoms. The van der Waals surface area contributed by atoms with Gasteiger partial charge in [0.2, 0.25) is 10.0 Å². The number of carbonyl (C=O) groups is 2. The van der Waals surface area contributed by atoms with Crippen molar-refractivity contribution in [2.45, 2.75) is 36.6 Å². The largest absolute Gasteiger partial charge is 0.468 e. The monoisotopic (exact) mass is 579 g/mol. The predicted molar refractivity (Wildman–Crippen MR) is 143 cm³/mol. The smallest absolute Gasteiger partial charge is 0.325 e. The number of hydrogen-bond donors (Lipinski definition) is 0. The Morgan fingerprint density at radius 1 is 1.00 bits per heavy atom. The predicted octanol–water partition coefficient (Wildman–Crippen LogP) is 2.69. The molecular formula is C25H29N3O7S3. The molecule has 2 heterocycles. The fourth-order valence-corrected chi connectivity index (χ4v) is 8.06. The maximum Gasteiger partial charge on any atom is 0.325 e. The van der Waals surface area contributed by atoms with E-state index in [2.05, 4.69) is 4.99 Å². The van der Waals surface area contributed by atoms with Gasteiger partial charge < -0.3 is 9.30 Å². The lowest BCUT2D eigenvalue weighted by Crippen LogP contribution is -2.42. The van der Waals surface area contributed by atoms with Gasteiger partial charge in [-0.1, -0.05) is 25.2 Å². The van der Waals surface area contributed by atoms with Gasteiger partial charge in [0.05, 0.1) is 27.1 Å². The van der Waals surface area contributed by atoms with Gasteiger partial charge in [-0.05, 0) is 60.7 Å². The maximum absolute atomic E-state index is 13.2. The van der Waals surface area contributed by atoms with Gasteiger partial charge >= 0.3 is 5.97 Å². The number of methoxy groups -OCH3 is 1. The van der Waals surface area contributed by atoms with Crippen molar-refractivity contribution in [2.75, 3.05) is 26.5 Å². The van der Waals surface area contributed by atoms with Gasteiger partial charge in [0.1, 0.15) is 6.54 Å². The third kappa shape index (κ3) is 5.90. The molecule has 204 valence electrons. The molecule has 2 atom stereocenters. The van der Waals surface area contributed by atoms with Gasteiger partial charge in [0.15, 0.2) is 14.6 Å². The maximum atomic E-state index is 13.2. The number of esters is 1. The quantitative estimate of drug-likeness (QED) is 0.410. The molecule has 0 bridgehead atoms. The Morgan fingerprint density at radius 2 is 1.61 bits per heavy atom. The molecule has 13 heteroatoms. The zero-order valence-electron chi connectivity index (χ0n) is 21.4. The van der Waals surface area contributed by atoms with Crippen LogP contribution in [0.15, 0.2) is 57.2 Å². The van der Waals surface area contributed by atoms with Crippen LogP contribution >= 0.6 is 11.3 Å². The first kappa shape index (κ1) is 28.1. The van der Waals surface area contributed by atoms with Crippen LogP contribution in [0.5, 0.6) is 0 Å². The summed E-state index contributed by atoms with van der Waals surface area (Å²) in [6.45, 7) is 4.74. The van der Waals surface area contributed by atoms with Gasteiger partial charge in [-0.2, -0.15) is 9.30 Å². The Morgan fingerprint density at radius 3 is 2.18 bits per heavy atom. The number of carbonyl (C=O) groups excluding carboxylic acids is 2. The average Bonchev–Trinajstić information content (AvgIpc) is 3.18. The number of benzene rings is 2. The summed E-state index contributed by atoms with van der Waals surface area (Å²) in [7, 11) is -5.93. The number of hydrogen-bond acceptors (Lipinski definition) is 8. The molecule has 1 aromatic heterocycles. The summed E-state index contributed by atoms with van der Waals surface area (Å²) < 4.78 is 58.5. The molecule has 0 N–H and O–H groups in total. The second-order valence-corrected chi connectivity index (χ2v) is 14.6. The van der Waals surface area contributed by atoms with E-state index in [1.54, 1.807) is 6.07 Å². The molecule has 38 heavy (non-hydrogen) atoms. The third-order valence-electron chi connectivity index (χ3n) is 6.37. The number of aromatic nitrogens is 1. The van der Waals surface area contributed by atoms with Crippen molar-refractivity contribution in [2.24, 2.45) is 16.8 Å². The van der Waals surface area contributed by atoms with E-state index in [0.29, 0.717) is 23.3 Å². The third-order valence-corrected chi connectivity index (χ3v) is 10.4. The minimum atomic E-state index is -3.70. The van der Waals surface area contributed by atoms with Gasteiger partial charge in [0.25, 0.3) is 5.91 Å². The summed E-state index contributed by atoms with van der Waals surface area (Å²) in [4.78, 5) is 29.6. The van der Waals surface area contributed by atoms with Crippen molar-refractivity contribution in [3.8, 4) is 0 Å². The Labute approximate surface area is 225 Å². The lowest BCUT2D eigenvalue weighted by molar-refractivity contribution is -0.141.